The number of hydrogen-bond acceptors (Lipinski definition) is 4. The van der Waals surface area contributed by atoms with Gasteiger partial charge in [0.2, 0.25) is 0 Å². The van der Waals surface area contributed by atoms with Crippen molar-refractivity contribution in [3.8, 4) is 5.88 Å². The first kappa shape index (κ1) is 14.8. The zero-order valence-electron chi connectivity index (χ0n) is 8.04. The molecule has 0 aliphatic rings. The zero-order chi connectivity index (χ0) is 14.1. The van der Waals surface area contributed by atoms with Gasteiger partial charge in [-0.3, -0.25) is 0 Å². The van der Waals surface area contributed by atoms with Gasteiger partial charge in [0.15, 0.2) is 0 Å². The summed E-state index contributed by atoms with van der Waals surface area (Å²) in [5.74, 6) is -2.42. The summed E-state index contributed by atoms with van der Waals surface area (Å²) in [5, 5.41) is 10.5. The molecular weight excluding hydrogens is 382 g/mol. The molecule has 0 atom stereocenters. The minimum atomic E-state index is -5.17. The topological polar surface area (TPSA) is 65.3 Å². The van der Waals surface area contributed by atoms with E-state index in [1.165, 1.54) is 22.6 Å². The van der Waals surface area contributed by atoms with E-state index in [2.05, 4.69) is 9.72 Å². The second kappa shape index (κ2) is 5.16. The van der Waals surface area contributed by atoms with Crippen molar-refractivity contribution in [3.05, 3.63) is 25.3 Å². The van der Waals surface area contributed by atoms with Crippen LogP contribution in [0.25, 0.3) is 0 Å². The molecule has 0 amide bonds. The first-order chi connectivity index (χ1) is 8.11. The predicted molar refractivity (Wildman–Crippen MR) is 55.2 cm³/mol. The molecule has 5 nitrogen and oxygen atoms in total. The van der Waals surface area contributed by atoms with Gasteiger partial charge in [0.05, 0.1) is 0 Å². The molecule has 100 valence electrons. The summed E-state index contributed by atoms with van der Waals surface area (Å²) < 4.78 is 63.4. The molecule has 0 aliphatic heterocycles. The highest BCUT2D eigenvalue weighted by atomic mass is 127. The largest absolute Gasteiger partial charge is 0.575 e. The van der Waals surface area contributed by atoms with Crippen LogP contribution in [-0.2, 0) is 0 Å². The number of nitro groups is 1. The minimum absolute atomic E-state index is 0.312. The lowest BCUT2D eigenvalue weighted by Crippen LogP contribution is -2.18. The van der Waals surface area contributed by atoms with Crippen LogP contribution in [0, 0.1) is 13.7 Å². The lowest BCUT2D eigenvalue weighted by Gasteiger charge is -2.08. The second-order valence-corrected chi connectivity index (χ2v) is 3.87. The molecule has 0 fully saturated rings. The van der Waals surface area contributed by atoms with Gasteiger partial charge in [0, 0.05) is 16.6 Å². The van der Waals surface area contributed by atoms with Crippen molar-refractivity contribution in [2.75, 3.05) is 0 Å². The first-order valence-corrected chi connectivity index (χ1v) is 5.08. The molecule has 0 spiro atoms. The Morgan fingerprint density at radius 3 is 2.39 bits per heavy atom. The Labute approximate surface area is 109 Å². The maximum absolute atomic E-state index is 12.5. The maximum Gasteiger partial charge on any atom is 0.575 e. The molecule has 0 aliphatic carbocycles. The van der Waals surface area contributed by atoms with Crippen molar-refractivity contribution in [3.63, 3.8) is 0 Å². The summed E-state index contributed by atoms with van der Waals surface area (Å²) in [6, 6.07) is 0.312. The van der Waals surface area contributed by atoms with Crippen LogP contribution in [0.2, 0.25) is 0 Å². The quantitative estimate of drug-likeness (QED) is 0.347. The van der Waals surface area contributed by atoms with Gasteiger partial charge >= 0.3 is 18.1 Å². The Morgan fingerprint density at radius 1 is 1.44 bits per heavy atom. The van der Waals surface area contributed by atoms with Crippen molar-refractivity contribution >= 4 is 28.4 Å². The highest BCUT2D eigenvalue weighted by Crippen LogP contribution is 2.34. The second-order valence-electron chi connectivity index (χ2n) is 2.79. The monoisotopic (exact) mass is 384 g/mol. The van der Waals surface area contributed by atoms with Gasteiger partial charge in [-0.25, -0.2) is 8.78 Å². The van der Waals surface area contributed by atoms with Gasteiger partial charge in [-0.15, -0.1) is 13.2 Å². The molecule has 0 unspecified atom stereocenters. The van der Waals surface area contributed by atoms with E-state index < -0.39 is 38.5 Å². The molecular formula is C7H2F5IN2O3. The van der Waals surface area contributed by atoms with Crippen LogP contribution in [0.15, 0.2) is 6.07 Å². The molecule has 0 saturated heterocycles. The number of ether oxygens (including phenoxy) is 1. The molecule has 0 N–H and O–H groups in total. The van der Waals surface area contributed by atoms with Crippen molar-refractivity contribution in [1.82, 2.24) is 4.98 Å². The Hall–Kier alpha value is -1.27. The predicted octanol–water partition coefficient (Wildman–Crippen LogP) is 3.43. The summed E-state index contributed by atoms with van der Waals surface area (Å²) in [5.41, 5.74) is -0.948. The lowest BCUT2D eigenvalue weighted by atomic mass is 10.2. The third-order valence-electron chi connectivity index (χ3n) is 1.57. The van der Waals surface area contributed by atoms with E-state index in [0.29, 0.717) is 6.07 Å². The van der Waals surface area contributed by atoms with Crippen LogP contribution >= 0.6 is 22.6 Å². The summed E-state index contributed by atoms with van der Waals surface area (Å²) in [7, 11) is 0. The lowest BCUT2D eigenvalue weighted by molar-refractivity contribution is -0.391. The minimum Gasteiger partial charge on any atom is -0.366 e. The van der Waals surface area contributed by atoms with E-state index in [9.17, 15) is 32.1 Å². The van der Waals surface area contributed by atoms with Gasteiger partial charge in [-0.05, 0) is 27.5 Å². The Balaban J connectivity index is 3.34. The van der Waals surface area contributed by atoms with Crippen LogP contribution in [0.5, 0.6) is 5.88 Å². The summed E-state index contributed by atoms with van der Waals surface area (Å²) in [4.78, 5) is 12.2. The van der Waals surface area contributed by atoms with E-state index in [4.69, 9.17) is 0 Å². The SMILES string of the molecule is O=[N+]([O-])c1nc(OC(F)(F)F)cc(C(F)F)c1I. The zero-order valence-corrected chi connectivity index (χ0v) is 10.2. The Kier molecular flexibility index (Phi) is 4.24. The number of halogens is 6. The van der Waals surface area contributed by atoms with Crippen LogP contribution < -0.4 is 4.74 Å². The highest BCUT2D eigenvalue weighted by Gasteiger charge is 2.36. The Morgan fingerprint density at radius 2 is 2.00 bits per heavy atom. The molecule has 1 rings (SSSR count). The normalized spacial score (nSPS) is 11.7. The molecule has 0 saturated carbocycles. The number of hydrogen-bond donors (Lipinski definition) is 0. The molecule has 0 bridgehead atoms. The average molecular weight is 384 g/mol. The Bertz CT molecular complexity index is 479. The van der Waals surface area contributed by atoms with Crippen molar-refractivity contribution < 1.29 is 31.6 Å². The van der Waals surface area contributed by atoms with E-state index in [1.807, 2.05) is 0 Å². The first-order valence-electron chi connectivity index (χ1n) is 4.00. The van der Waals surface area contributed by atoms with Crippen LogP contribution in [0.4, 0.5) is 27.8 Å². The fourth-order valence-corrected chi connectivity index (χ4v) is 1.67. The van der Waals surface area contributed by atoms with Gasteiger partial charge in [0.25, 0.3) is 6.43 Å². The van der Waals surface area contributed by atoms with E-state index in [1.54, 1.807) is 0 Å². The third-order valence-corrected chi connectivity index (χ3v) is 2.68. The summed E-state index contributed by atoms with van der Waals surface area (Å²) in [6.07, 6.45) is -8.36. The molecule has 11 heteroatoms. The van der Waals surface area contributed by atoms with Crippen LogP contribution in [0.1, 0.15) is 12.0 Å². The highest BCUT2D eigenvalue weighted by molar-refractivity contribution is 14.1. The molecule has 1 heterocycles. The van der Waals surface area contributed by atoms with Gasteiger partial charge < -0.3 is 14.9 Å². The molecule has 0 radical (unpaired) electrons. The summed E-state index contributed by atoms with van der Waals surface area (Å²) >= 11 is 1.20. The van der Waals surface area contributed by atoms with E-state index in [0.717, 1.165) is 0 Å². The van der Waals surface area contributed by atoms with Crippen LogP contribution in [-0.4, -0.2) is 16.3 Å². The van der Waals surface area contributed by atoms with Gasteiger partial charge in [-0.2, -0.15) is 0 Å². The van der Waals surface area contributed by atoms with Crippen molar-refractivity contribution in [2.45, 2.75) is 12.8 Å². The summed E-state index contributed by atoms with van der Waals surface area (Å²) in [6.45, 7) is 0. The van der Waals surface area contributed by atoms with E-state index >= 15 is 0 Å². The van der Waals surface area contributed by atoms with Crippen molar-refractivity contribution in [2.24, 2.45) is 0 Å². The maximum atomic E-state index is 12.5. The van der Waals surface area contributed by atoms with Gasteiger partial charge in [0.1, 0.15) is 3.57 Å². The van der Waals surface area contributed by atoms with Crippen molar-refractivity contribution in [1.29, 1.82) is 0 Å². The smallest absolute Gasteiger partial charge is 0.366 e. The number of rotatable bonds is 3. The van der Waals surface area contributed by atoms with Crippen LogP contribution in [0.3, 0.4) is 0 Å². The number of nitrogens with zero attached hydrogens (tertiary/aromatic N) is 2. The standard InChI is InChI=1S/C7H2F5IN2O3/c8-5(9)2-1-3(18-7(10,11)12)14-6(4(2)13)15(16)17/h1,5H. The molecule has 1 aromatic rings. The number of alkyl halides is 5. The number of pyridine rings is 1. The third kappa shape index (κ3) is 3.61. The van der Waals surface area contributed by atoms with Gasteiger partial charge in [-0.1, -0.05) is 0 Å². The average Bonchev–Trinajstić information content (AvgIpc) is 2.17. The molecule has 0 aromatic carbocycles. The fourth-order valence-electron chi connectivity index (χ4n) is 0.962. The number of aromatic nitrogens is 1. The molecule has 18 heavy (non-hydrogen) atoms. The molecule has 1 aromatic heterocycles. The fraction of sp³-hybridized carbons (Fsp3) is 0.286. The van der Waals surface area contributed by atoms with E-state index in [-0.39, 0.29) is 0 Å².